The lowest BCUT2D eigenvalue weighted by Crippen LogP contribution is -2.33. The molecule has 2 N–H and O–H groups in total. The topological polar surface area (TPSA) is 104 Å². The number of carbonyl (C=O) groups is 1. The van der Waals surface area contributed by atoms with Crippen LogP contribution in [0.4, 0.5) is 0 Å². The fourth-order valence-electron chi connectivity index (χ4n) is 2.87. The van der Waals surface area contributed by atoms with E-state index in [-0.39, 0.29) is 25.5 Å². The van der Waals surface area contributed by atoms with E-state index in [4.69, 9.17) is 4.74 Å². The number of H-pyrrole nitrogens is 1. The monoisotopic (exact) mass is 369 g/mol. The molecule has 0 radical (unpaired) electrons. The number of nitrogens with one attached hydrogen (secondary N) is 1. The van der Waals surface area contributed by atoms with Gasteiger partial charge in [0.25, 0.3) is 0 Å². The van der Waals surface area contributed by atoms with E-state index in [1.807, 2.05) is 31.2 Å². The van der Waals surface area contributed by atoms with E-state index in [0.717, 1.165) is 22.4 Å². The number of aromatic amines is 1. The number of ether oxygens (including phenoxy) is 1. The number of hydrogen-bond donors (Lipinski definition) is 2. The lowest BCUT2D eigenvalue weighted by molar-refractivity contribution is -0.132. The number of carbonyl (C=O) groups excluding carboxylic acids is 1. The highest BCUT2D eigenvalue weighted by molar-refractivity contribution is 5.77. The summed E-state index contributed by atoms with van der Waals surface area (Å²) in [5.41, 5.74) is 3.86. The van der Waals surface area contributed by atoms with Crippen molar-refractivity contribution in [1.29, 1.82) is 0 Å². The molecule has 0 spiro atoms. The Morgan fingerprint density at radius 3 is 2.59 bits per heavy atom. The van der Waals surface area contributed by atoms with Crippen molar-refractivity contribution >= 4 is 16.9 Å². The minimum atomic E-state index is -0.103. The van der Waals surface area contributed by atoms with Crippen LogP contribution >= 0.6 is 0 Å². The third-order valence-corrected chi connectivity index (χ3v) is 4.37. The van der Waals surface area contributed by atoms with Gasteiger partial charge in [-0.2, -0.15) is 0 Å². The molecule has 27 heavy (non-hydrogen) atoms. The predicted molar refractivity (Wildman–Crippen MR) is 100 cm³/mol. The zero-order valence-electron chi connectivity index (χ0n) is 15.5. The Bertz CT molecular complexity index is 925. The average Bonchev–Trinajstić information content (AvgIpc) is 3.09. The quantitative estimate of drug-likeness (QED) is 0.625. The molecule has 1 aromatic carbocycles. The van der Waals surface area contributed by atoms with E-state index in [9.17, 15) is 9.90 Å². The van der Waals surface area contributed by atoms with Crippen LogP contribution in [0.2, 0.25) is 0 Å². The van der Waals surface area contributed by atoms with Gasteiger partial charge in [-0.05, 0) is 19.1 Å². The number of para-hydroxylation sites is 2. The van der Waals surface area contributed by atoms with Crippen LogP contribution in [-0.4, -0.2) is 56.1 Å². The lowest BCUT2D eigenvalue weighted by Gasteiger charge is -2.21. The summed E-state index contributed by atoms with van der Waals surface area (Å²) in [6.07, 6.45) is 2.25. The van der Waals surface area contributed by atoms with Crippen molar-refractivity contribution in [3.8, 4) is 5.88 Å². The molecule has 0 atom stereocenters. The Morgan fingerprint density at radius 1 is 1.22 bits per heavy atom. The van der Waals surface area contributed by atoms with Gasteiger partial charge in [0.2, 0.25) is 11.8 Å². The van der Waals surface area contributed by atoms with Crippen LogP contribution in [0.1, 0.15) is 23.5 Å². The van der Waals surface area contributed by atoms with Crippen molar-refractivity contribution in [3.63, 3.8) is 0 Å². The number of aliphatic hydroxyl groups is 1. The zero-order valence-corrected chi connectivity index (χ0v) is 15.5. The molecule has 0 saturated heterocycles. The molecule has 2 aromatic heterocycles. The highest BCUT2D eigenvalue weighted by Crippen LogP contribution is 2.20. The maximum atomic E-state index is 12.7. The first-order valence-corrected chi connectivity index (χ1v) is 8.79. The number of aromatic nitrogens is 4. The first kappa shape index (κ1) is 18.8. The zero-order chi connectivity index (χ0) is 19.2. The third-order valence-electron chi connectivity index (χ3n) is 4.37. The SMILES string of the molecule is COc1nc2ccccc2nc1CCC(=O)N(CCO)Cc1nc[nH]c1C. The van der Waals surface area contributed by atoms with Gasteiger partial charge >= 0.3 is 0 Å². The molecule has 0 bridgehead atoms. The van der Waals surface area contributed by atoms with Crippen molar-refractivity contribution in [3.05, 3.63) is 47.7 Å². The molecular formula is C19H23N5O3. The number of rotatable bonds is 8. The summed E-state index contributed by atoms with van der Waals surface area (Å²) in [6.45, 7) is 2.41. The molecule has 8 heteroatoms. The summed E-state index contributed by atoms with van der Waals surface area (Å²) in [7, 11) is 1.54. The maximum absolute atomic E-state index is 12.7. The summed E-state index contributed by atoms with van der Waals surface area (Å²) in [5.74, 6) is 0.349. The number of methoxy groups -OCH3 is 1. The number of nitrogens with zero attached hydrogens (tertiary/aromatic N) is 4. The van der Waals surface area contributed by atoms with Crippen molar-refractivity contribution in [2.75, 3.05) is 20.3 Å². The van der Waals surface area contributed by atoms with Gasteiger partial charge in [-0.3, -0.25) is 4.79 Å². The van der Waals surface area contributed by atoms with Crippen molar-refractivity contribution in [2.24, 2.45) is 0 Å². The molecule has 0 aliphatic heterocycles. The maximum Gasteiger partial charge on any atom is 0.235 e. The van der Waals surface area contributed by atoms with Crippen LogP contribution in [0.15, 0.2) is 30.6 Å². The van der Waals surface area contributed by atoms with Crippen molar-refractivity contribution < 1.29 is 14.6 Å². The molecule has 142 valence electrons. The number of imidazole rings is 1. The van der Waals surface area contributed by atoms with Crippen LogP contribution in [0.5, 0.6) is 5.88 Å². The molecule has 3 aromatic rings. The van der Waals surface area contributed by atoms with Crippen molar-refractivity contribution in [2.45, 2.75) is 26.3 Å². The molecule has 0 aliphatic rings. The van der Waals surface area contributed by atoms with Gasteiger partial charge in [-0.25, -0.2) is 15.0 Å². The van der Waals surface area contributed by atoms with Crippen molar-refractivity contribution in [1.82, 2.24) is 24.8 Å². The molecule has 0 unspecified atom stereocenters. The predicted octanol–water partition coefficient (Wildman–Crippen LogP) is 1.62. The summed E-state index contributed by atoms with van der Waals surface area (Å²) in [6, 6.07) is 7.54. The second kappa shape index (κ2) is 8.59. The molecule has 0 saturated carbocycles. The van der Waals surface area contributed by atoms with E-state index < -0.39 is 0 Å². The van der Waals surface area contributed by atoms with Gasteiger partial charge in [0.15, 0.2) is 0 Å². The summed E-state index contributed by atoms with van der Waals surface area (Å²) >= 11 is 0. The van der Waals surface area contributed by atoms with E-state index in [1.165, 1.54) is 0 Å². The van der Waals surface area contributed by atoms with Crippen LogP contribution in [0, 0.1) is 6.92 Å². The van der Waals surface area contributed by atoms with Crippen LogP contribution < -0.4 is 4.74 Å². The third kappa shape index (κ3) is 4.40. The standard InChI is InChI=1S/C19H23N5O3/c1-13-17(21-12-20-13)11-24(9-10-25)18(26)8-7-16-19(27-2)23-15-6-4-3-5-14(15)22-16/h3-6,12,25H,7-11H2,1-2H3,(H,20,21). The first-order valence-electron chi connectivity index (χ1n) is 8.79. The minimum absolute atomic E-state index is 0.0801. The van der Waals surface area contributed by atoms with Gasteiger partial charge in [0.05, 0.1) is 43.3 Å². The van der Waals surface area contributed by atoms with E-state index in [0.29, 0.717) is 24.5 Å². The Kier molecular flexibility index (Phi) is 5.97. The van der Waals surface area contributed by atoms with E-state index in [2.05, 4.69) is 19.9 Å². The smallest absolute Gasteiger partial charge is 0.235 e. The van der Waals surface area contributed by atoms with Gasteiger partial charge < -0.3 is 19.7 Å². The Morgan fingerprint density at radius 2 is 1.96 bits per heavy atom. The summed E-state index contributed by atoms with van der Waals surface area (Å²) in [5, 5.41) is 9.30. The number of amides is 1. The highest BCUT2D eigenvalue weighted by Gasteiger charge is 2.18. The normalized spacial score (nSPS) is 10.9. The molecule has 8 nitrogen and oxygen atoms in total. The minimum Gasteiger partial charge on any atom is -0.480 e. The molecular weight excluding hydrogens is 346 g/mol. The number of aryl methyl sites for hydroxylation is 2. The second-order valence-corrected chi connectivity index (χ2v) is 6.18. The van der Waals surface area contributed by atoms with Gasteiger partial charge in [-0.15, -0.1) is 0 Å². The van der Waals surface area contributed by atoms with Crippen LogP contribution in [0.25, 0.3) is 11.0 Å². The number of hydrogen-bond acceptors (Lipinski definition) is 6. The van der Waals surface area contributed by atoms with E-state index in [1.54, 1.807) is 18.3 Å². The summed E-state index contributed by atoms with van der Waals surface area (Å²) in [4.78, 5) is 30.6. The Labute approximate surface area is 157 Å². The molecule has 3 rings (SSSR count). The fraction of sp³-hybridized carbons (Fsp3) is 0.368. The Hall–Kier alpha value is -3.00. The number of fused-ring (bicyclic) bond motifs is 1. The second-order valence-electron chi connectivity index (χ2n) is 6.18. The largest absolute Gasteiger partial charge is 0.480 e. The molecule has 1 amide bonds. The number of benzene rings is 1. The molecule has 2 heterocycles. The lowest BCUT2D eigenvalue weighted by atomic mass is 10.2. The van der Waals surface area contributed by atoms with Gasteiger partial charge in [-0.1, -0.05) is 12.1 Å². The summed E-state index contributed by atoms with van der Waals surface area (Å²) < 4.78 is 5.34. The van der Waals surface area contributed by atoms with Gasteiger partial charge in [0, 0.05) is 25.1 Å². The number of aliphatic hydroxyl groups excluding tert-OH is 1. The van der Waals surface area contributed by atoms with Crippen LogP contribution in [0.3, 0.4) is 0 Å². The fourth-order valence-corrected chi connectivity index (χ4v) is 2.87. The molecule has 0 fully saturated rings. The van der Waals surface area contributed by atoms with E-state index >= 15 is 0 Å². The van der Waals surface area contributed by atoms with Gasteiger partial charge in [0.1, 0.15) is 5.69 Å². The Balaban J connectivity index is 1.73. The molecule has 0 aliphatic carbocycles. The highest BCUT2D eigenvalue weighted by atomic mass is 16.5. The first-order chi connectivity index (χ1) is 13.1. The van der Waals surface area contributed by atoms with Crippen LogP contribution in [-0.2, 0) is 17.8 Å². The average molecular weight is 369 g/mol.